The molecular formula is C18H21Cl2N3O2. The first-order valence-corrected chi connectivity index (χ1v) is 8.39. The normalized spacial score (nSPS) is 17.0. The first kappa shape index (κ1) is 19.5. The highest BCUT2D eigenvalue weighted by Gasteiger charge is 2.22. The molecule has 1 unspecified atom stereocenters. The fraction of sp³-hybridized carbons (Fsp3) is 0.333. The van der Waals surface area contributed by atoms with Gasteiger partial charge in [0.05, 0.1) is 12.1 Å². The first-order valence-electron chi connectivity index (χ1n) is 8.01. The van der Waals surface area contributed by atoms with E-state index in [0.29, 0.717) is 30.2 Å². The zero-order chi connectivity index (χ0) is 17.1. The monoisotopic (exact) mass is 381 g/mol. The van der Waals surface area contributed by atoms with Gasteiger partial charge in [0, 0.05) is 43.0 Å². The maximum Gasteiger partial charge on any atom is 0.255 e. The topological polar surface area (TPSA) is 54.3 Å². The molecule has 25 heavy (non-hydrogen) atoms. The Morgan fingerprint density at radius 1 is 1.28 bits per heavy atom. The summed E-state index contributed by atoms with van der Waals surface area (Å²) in [6.07, 6.45) is 1.63. The van der Waals surface area contributed by atoms with Crippen LogP contribution in [-0.2, 0) is 6.54 Å². The Bertz CT molecular complexity index is 807. The minimum Gasteiger partial charge on any atom is -0.336 e. The van der Waals surface area contributed by atoms with Gasteiger partial charge in [-0.05, 0) is 24.6 Å². The molecule has 0 radical (unpaired) electrons. The molecule has 1 saturated heterocycles. The average Bonchev–Trinajstić information content (AvgIpc) is 2.58. The van der Waals surface area contributed by atoms with Crippen molar-refractivity contribution < 1.29 is 4.79 Å². The molecule has 1 fully saturated rings. The van der Waals surface area contributed by atoms with Crippen LogP contribution >= 0.6 is 24.0 Å². The summed E-state index contributed by atoms with van der Waals surface area (Å²) in [6, 6.07) is 10.7. The molecular weight excluding hydrogens is 361 g/mol. The molecule has 1 N–H and O–H groups in total. The lowest BCUT2D eigenvalue weighted by molar-refractivity contribution is 0.0708. The lowest BCUT2D eigenvalue weighted by Crippen LogP contribution is -2.51. The third-order valence-electron chi connectivity index (χ3n) is 4.18. The number of halogens is 2. The van der Waals surface area contributed by atoms with Crippen molar-refractivity contribution in [1.82, 2.24) is 14.8 Å². The molecule has 0 bridgehead atoms. The summed E-state index contributed by atoms with van der Waals surface area (Å²) in [4.78, 5) is 26.6. The van der Waals surface area contributed by atoms with Crippen LogP contribution in [0.25, 0.3) is 0 Å². The van der Waals surface area contributed by atoms with Crippen LogP contribution in [-0.4, -0.2) is 41.1 Å². The van der Waals surface area contributed by atoms with Crippen LogP contribution in [0.2, 0.25) is 5.02 Å². The molecule has 3 rings (SSSR count). The van der Waals surface area contributed by atoms with Crippen molar-refractivity contribution >= 4 is 29.9 Å². The molecule has 2 heterocycles. The highest BCUT2D eigenvalue weighted by Crippen LogP contribution is 2.16. The van der Waals surface area contributed by atoms with Crippen molar-refractivity contribution in [2.24, 2.45) is 0 Å². The average molecular weight is 382 g/mol. The van der Waals surface area contributed by atoms with Crippen LogP contribution in [0.1, 0.15) is 22.8 Å². The predicted molar refractivity (Wildman–Crippen MR) is 102 cm³/mol. The van der Waals surface area contributed by atoms with Crippen molar-refractivity contribution in [1.29, 1.82) is 0 Å². The van der Waals surface area contributed by atoms with Gasteiger partial charge in [0.1, 0.15) is 0 Å². The van der Waals surface area contributed by atoms with Gasteiger partial charge in [-0.3, -0.25) is 9.59 Å². The number of hydrogen-bond acceptors (Lipinski definition) is 3. The van der Waals surface area contributed by atoms with Gasteiger partial charge < -0.3 is 14.8 Å². The van der Waals surface area contributed by atoms with E-state index in [1.54, 1.807) is 18.3 Å². The number of nitrogens with one attached hydrogen (secondary N) is 1. The van der Waals surface area contributed by atoms with Gasteiger partial charge in [-0.15, -0.1) is 12.4 Å². The lowest BCUT2D eigenvalue weighted by Gasteiger charge is -2.32. The number of nitrogens with zero attached hydrogens (tertiary/aromatic N) is 2. The second-order valence-electron chi connectivity index (χ2n) is 6.08. The second-order valence-corrected chi connectivity index (χ2v) is 6.49. The first-order chi connectivity index (χ1) is 11.5. The van der Waals surface area contributed by atoms with Gasteiger partial charge >= 0.3 is 0 Å². The molecule has 7 heteroatoms. The summed E-state index contributed by atoms with van der Waals surface area (Å²) < 4.78 is 1.53. The van der Waals surface area contributed by atoms with Gasteiger partial charge in [-0.25, -0.2) is 0 Å². The Morgan fingerprint density at radius 3 is 2.76 bits per heavy atom. The number of hydrogen-bond donors (Lipinski definition) is 1. The molecule has 0 saturated carbocycles. The molecule has 1 atom stereocenters. The highest BCUT2D eigenvalue weighted by molar-refractivity contribution is 6.31. The van der Waals surface area contributed by atoms with Crippen molar-refractivity contribution in [2.75, 3.05) is 19.6 Å². The summed E-state index contributed by atoms with van der Waals surface area (Å²) >= 11 is 6.17. The van der Waals surface area contributed by atoms with Crippen LogP contribution in [0.15, 0.2) is 47.4 Å². The predicted octanol–water partition coefficient (Wildman–Crippen LogP) is 2.41. The summed E-state index contributed by atoms with van der Waals surface area (Å²) in [5.74, 6) is -0.0451. The summed E-state index contributed by atoms with van der Waals surface area (Å²) in [5.41, 5.74) is 1.22. The molecule has 1 aromatic heterocycles. The van der Waals surface area contributed by atoms with E-state index in [9.17, 15) is 9.59 Å². The van der Waals surface area contributed by atoms with Crippen molar-refractivity contribution in [3.05, 3.63) is 69.1 Å². The zero-order valence-corrected chi connectivity index (χ0v) is 15.5. The molecule has 134 valence electrons. The van der Waals surface area contributed by atoms with E-state index in [1.165, 1.54) is 10.6 Å². The Labute approximate surface area is 158 Å². The van der Waals surface area contributed by atoms with E-state index in [1.807, 2.05) is 23.1 Å². The van der Waals surface area contributed by atoms with Crippen molar-refractivity contribution in [2.45, 2.75) is 19.5 Å². The van der Waals surface area contributed by atoms with E-state index in [2.05, 4.69) is 12.2 Å². The molecule has 1 amide bonds. The Hall–Kier alpha value is -1.82. The van der Waals surface area contributed by atoms with Crippen LogP contribution in [0.3, 0.4) is 0 Å². The van der Waals surface area contributed by atoms with Gasteiger partial charge in [0.15, 0.2) is 0 Å². The molecule has 1 aliphatic rings. The molecule has 2 aromatic rings. The SMILES string of the molecule is CC1CN(C(=O)c2ccc(=O)n(Cc3ccccc3Cl)c2)CCN1.Cl. The minimum atomic E-state index is -0.153. The maximum atomic E-state index is 12.7. The number of carbonyl (C=O) groups excluding carboxylic acids is 1. The van der Waals surface area contributed by atoms with Gasteiger partial charge in [-0.2, -0.15) is 0 Å². The second kappa shape index (κ2) is 8.52. The van der Waals surface area contributed by atoms with Crippen LogP contribution in [0, 0.1) is 0 Å². The third-order valence-corrected chi connectivity index (χ3v) is 4.55. The number of aromatic nitrogens is 1. The Morgan fingerprint density at radius 2 is 2.04 bits per heavy atom. The number of carbonyl (C=O) groups is 1. The van der Waals surface area contributed by atoms with Crippen molar-refractivity contribution in [3.8, 4) is 0 Å². The molecule has 1 aromatic carbocycles. The lowest BCUT2D eigenvalue weighted by atomic mass is 10.1. The molecule has 5 nitrogen and oxygen atoms in total. The maximum absolute atomic E-state index is 12.7. The molecule has 0 aliphatic carbocycles. The minimum absolute atomic E-state index is 0. The standard InChI is InChI=1S/C18H20ClN3O2.ClH/c1-13-10-21(9-8-20-13)18(24)15-6-7-17(23)22(12-15)11-14-4-2-3-5-16(14)19;/h2-7,12-13,20H,8-11H2,1H3;1H. The largest absolute Gasteiger partial charge is 0.336 e. The molecule has 1 aliphatic heterocycles. The Kier molecular flexibility index (Phi) is 6.64. The van der Waals surface area contributed by atoms with Crippen LogP contribution in [0.4, 0.5) is 0 Å². The number of amides is 1. The van der Waals surface area contributed by atoms with Crippen LogP contribution in [0.5, 0.6) is 0 Å². The summed E-state index contributed by atoms with van der Waals surface area (Å²) in [7, 11) is 0. The van der Waals surface area contributed by atoms with Crippen molar-refractivity contribution in [3.63, 3.8) is 0 Å². The highest BCUT2D eigenvalue weighted by atomic mass is 35.5. The zero-order valence-electron chi connectivity index (χ0n) is 13.9. The quantitative estimate of drug-likeness (QED) is 0.887. The number of pyridine rings is 1. The van der Waals surface area contributed by atoms with E-state index in [0.717, 1.165) is 12.1 Å². The van der Waals surface area contributed by atoms with E-state index in [-0.39, 0.29) is 29.9 Å². The van der Waals surface area contributed by atoms with Gasteiger partial charge in [-0.1, -0.05) is 29.8 Å². The number of rotatable bonds is 3. The van der Waals surface area contributed by atoms with Gasteiger partial charge in [0.2, 0.25) is 0 Å². The van der Waals surface area contributed by atoms with E-state index in [4.69, 9.17) is 11.6 Å². The third kappa shape index (κ3) is 4.63. The summed E-state index contributed by atoms with van der Waals surface area (Å²) in [5, 5.41) is 3.92. The molecule has 0 spiro atoms. The number of benzene rings is 1. The van der Waals surface area contributed by atoms with Crippen LogP contribution < -0.4 is 10.9 Å². The van der Waals surface area contributed by atoms with Gasteiger partial charge in [0.25, 0.3) is 11.5 Å². The van der Waals surface area contributed by atoms with E-state index >= 15 is 0 Å². The fourth-order valence-electron chi connectivity index (χ4n) is 2.89. The number of piperazine rings is 1. The fourth-order valence-corrected chi connectivity index (χ4v) is 3.09. The Balaban J connectivity index is 0.00000225. The summed E-state index contributed by atoms with van der Waals surface area (Å²) in [6.45, 7) is 4.52. The van der Waals surface area contributed by atoms with E-state index < -0.39 is 0 Å². The smallest absolute Gasteiger partial charge is 0.255 e.